The normalized spacial score (nSPS) is 10.8. The molecule has 0 bridgehead atoms. The fourth-order valence-electron chi connectivity index (χ4n) is 2.93. The van der Waals surface area contributed by atoms with E-state index in [1.165, 1.54) is 12.1 Å². The van der Waals surface area contributed by atoms with Crippen molar-refractivity contribution in [1.82, 2.24) is 29.4 Å². The summed E-state index contributed by atoms with van der Waals surface area (Å²) >= 11 is 0. The van der Waals surface area contributed by atoms with E-state index in [1.807, 2.05) is 24.4 Å². The Bertz CT molecular complexity index is 1090. The number of carbonyl (C=O) groups excluding carboxylic acids is 1. The lowest BCUT2D eigenvalue weighted by Gasteiger charge is -2.18. The van der Waals surface area contributed by atoms with Gasteiger partial charge in [0.15, 0.2) is 0 Å². The van der Waals surface area contributed by atoms with E-state index in [9.17, 15) is 9.18 Å². The lowest BCUT2D eigenvalue weighted by Crippen LogP contribution is -2.27. The molecule has 8 heteroatoms. The van der Waals surface area contributed by atoms with Crippen LogP contribution >= 0.6 is 0 Å². The first-order valence-corrected chi connectivity index (χ1v) is 8.61. The third-order valence-electron chi connectivity index (χ3n) is 4.33. The molecule has 140 valence electrons. The number of nitrogens with zero attached hydrogens (tertiary/aromatic N) is 6. The number of amides is 1. The highest BCUT2D eigenvalue weighted by molar-refractivity contribution is 5.97. The van der Waals surface area contributed by atoms with E-state index in [0.717, 1.165) is 11.3 Å². The predicted octanol–water partition coefficient (Wildman–Crippen LogP) is 2.86. The summed E-state index contributed by atoms with van der Waals surface area (Å²) in [5, 5.41) is 11.9. The maximum atomic E-state index is 13.1. The Morgan fingerprint density at radius 3 is 2.54 bits per heavy atom. The number of hydrogen-bond acceptors (Lipinski definition) is 4. The maximum absolute atomic E-state index is 13.1. The second-order valence-corrected chi connectivity index (χ2v) is 6.32. The lowest BCUT2D eigenvalue weighted by atomic mass is 10.1. The van der Waals surface area contributed by atoms with Crippen molar-refractivity contribution in [3.8, 4) is 11.4 Å². The molecule has 0 aliphatic rings. The molecule has 2 heterocycles. The van der Waals surface area contributed by atoms with Crippen molar-refractivity contribution < 1.29 is 9.18 Å². The topological polar surface area (TPSA) is 68.8 Å². The number of aromatic nitrogens is 5. The molecule has 0 spiro atoms. The van der Waals surface area contributed by atoms with Crippen molar-refractivity contribution in [2.75, 3.05) is 7.05 Å². The Kier molecular flexibility index (Phi) is 4.67. The number of carbonyl (C=O) groups is 1. The number of hydrogen-bond donors (Lipinski definition) is 0. The standard InChI is InChI=1S/C20H17FN6O/c1-25(11-15-10-24-27(12-15)17-8-6-16(21)7-9-17)20(28)18-4-2-3-5-19(18)26-13-22-23-14-26/h2-10,12-14H,11H2,1H3. The highest BCUT2D eigenvalue weighted by atomic mass is 19.1. The summed E-state index contributed by atoms with van der Waals surface area (Å²) in [6.07, 6.45) is 6.62. The molecule has 0 aliphatic heterocycles. The van der Waals surface area contributed by atoms with Gasteiger partial charge in [0.2, 0.25) is 0 Å². The smallest absolute Gasteiger partial charge is 0.256 e. The van der Waals surface area contributed by atoms with Crippen LogP contribution in [-0.4, -0.2) is 42.4 Å². The van der Waals surface area contributed by atoms with E-state index in [2.05, 4.69) is 15.3 Å². The molecule has 0 saturated heterocycles. The summed E-state index contributed by atoms with van der Waals surface area (Å²) in [5.74, 6) is -0.424. The molecule has 2 aromatic heterocycles. The van der Waals surface area contributed by atoms with E-state index in [4.69, 9.17) is 0 Å². The molecule has 0 aliphatic carbocycles. The molecule has 1 amide bonds. The fraction of sp³-hybridized carbons (Fsp3) is 0.100. The van der Waals surface area contributed by atoms with Crippen LogP contribution in [0.1, 0.15) is 15.9 Å². The number of para-hydroxylation sites is 1. The van der Waals surface area contributed by atoms with Gasteiger partial charge in [0.05, 0.1) is 23.1 Å². The lowest BCUT2D eigenvalue weighted by molar-refractivity contribution is 0.0785. The van der Waals surface area contributed by atoms with Gasteiger partial charge in [0, 0.05) is 25.4 Å². The molecule has 0 radical (unpaired) electrons. The minimum atomic E-state index is -0.298. The van der Waals surface area contributed by atoms with E-state index in [0.29, 0.717) is 17.8 Å². The average Bonchev–Trinajstić information content (AvgIpc) is 3.40. The van der Waals surface area contributed by atoms with Crippen LogP contribution in [0.3, 0.4) is 0 Å². The van der Waals surface area contributed by atoms with Crippen LogP contribution in [0.5, 0.6) is 0 Å². The van der Waals surface area contributed by atoms with Gasteiger partial charge in [-0.15, -0.1) is 10.2 Å². The number of benzene rings is 2. The van der Waals surface area contributed by atoms with Gasteiger partial charge in [0.1, 0.15) is 18.5 Å². The van der Waals surface area contributed by atoms with Gasteiger partial charge in [-0.05, 0) is 36.4 Å². The van der Waals surface area contributed by atoms with Crippen molar-refractivity contribution in [1.29, 1.82) is 0 Å². The fourth-order valence-corrected chi connectivity index (χ4v) is 2.93. The Balaban J connectivity index is 1.53. The SMILES string of the molecule is CN(Cc1cnn(-c2ccc(F)cc2)c1)C(=O)c1ccccc1-n1cnnc1. The van der Waals surface area contributed by atoms with E-state index >= 15 is 0 Å². The minimum Gasteiger partial charge on any atom is -0.337 e. The van der Waals surface area contributed by atoms with Gasteiger partial charge in [-0.25, -0.2) is 9.07 Å². The third-order valence-corrected chi connectivity index (χ3v) is 4.33. The highest BCUT2D eigenvalue weighted by Gasteiger charge is 2.17. The molecule has 4 rings (SSSR count). The van der Waals surface area contributed by atoms with Gasteiger partial charge in [0.25, 0.3) is 5.91 Å². The molecule has 0 saturated carbocycles. The second kappa shape index (κ2) is 7.43. The Labute approximate surface area is 160 Å². The van der Waals surface area contributed by atoms with Crippen LogP contribution in [0.25, 0.3) is 11.4 Å². The Morgan fingerprint density at radius 2 is 1.79 bits per heavy atom. The summed E-state index contributed by atoms with van der Waals surface area (Å²) in [4.78, 5) is 14.6. The third kappa shape index (κ3) is 3.52. The van der Waals surface area contributed by atoms with Crippen LogP contribution in [-0.2, 0) is 6.54 Å². The molecular weight excluding hydrogens is 359 g/mol. The zero-order valence-electron chi connectivity index (χ0n) is 15.1. The van der Waals surface area contributed by atoms with Crippen molar-refractivity contribution in [3.05, 3.63) is 90.5 Å². The monoisotopic (exact) mass is 376 g/mol. The zero-order chi connectivity index (χ0) is 19.5. The zero-order valence-corrected chi connectivity index (χ0v) is 15.1. The summed E-state index contributed by atoms with van der Waals surface area (Å²) in [6, 6.07) is 13.4. The first-order valence-electron chi connectivity index (χ1n) is 8.61. The molecule has 0 fully saturated rings. The van der Waals surface area contributed by atoms with E-state index in [-0.39, 0.29) is 11.7 Å². The van der Waals surface area contributed by atoms with Gasteiger partial charge >= 0.3 is 0 Å². The summed E-state index contributed by atoms with van der Waals surface area (Å²) in [5.41, 5.74) is 2.88. The van der Waals surface area contributed by atoms with Gasteiger partial charge < -0.3 is 4.90 Å². The van der Waals surface area contributed by atoms with Crippen LogP contribution in [0.15, 0.2) is 73.6 Å². The number of halogens is 1. The van der Waals surface area contributed by atoms with E-state index in [1.54, 1.807) is 58.2 Å². The van der Waals surface area contributed by atoms with Crippen LogP contribution in [0.4, 0.5) is 4.39 Å². The first kappa shape index (κ1) is 17.6. The van der Waals surface area contributed by atoms with Crippen molar-refractivity contribution in [2.45, 2.75) is 6.54 Å². The quantitative estimate of drug-likeness (QED) is 0.537. The summed E-state index contributed by atoms with van der Waals surface area (Å²) < 4.78 is 16.4. The van der Waals surface area contributed by atoms with Crippen LogP contribution in [0.2, 0.25) is 0 Å². The van der Waals surface area contributed by atoms with Crippen molar-refractivity contribution in [3.63, 3.8) is 0 Å². The molecule has 7 nitrogen and oxygen atoms in total. The molecular formula is C20H17FN6O. The molecule has 4 aromatic rings. The molecule has 2 aromatic carbocycles. The molecule has 0 unspecified atom stereocenters. The predicted molar refractivity (Wildman–Crippen MR) is 101 cm³/mol. The Hall–Kier alpha value is -3.81. The van der Waals surface area contributed by atoms with Gasteiger partial charge in [-0.3, -0.25) is 9.36 Å². The van der Waals surface area contributed by atoms with Crippen LogP contribution in [0, 0.1) is 5.82 Å². The van der Waals surface area contributed by atoms with Gasteiger partial charge in [-0.2, -0.15) is 5.10 Å². The summed E-state index contributed by atoms with van der Waals surface area (Å²) in [6.45, 7) is 0.385. The Morgan fingerprint density at radius 1 is 1.07 bits per heavy atom. The molecule has 0 N–H and O–H groups in total. The first-order chi connectivity index (χ1) is 13.6. The minimum absolute atomic E-state index is 0.126. The average molecular weight is 376 g/mol. The van der Waals surface area contributed by atoms with Crippen molar-refractivity contribution in [2.24, 2.45) is 0 Å². The molecule has 0 atom stereocenters. The van der Waals surface area contributed by atoms with E-state index < -0.39 is 0 Å². The second-order valence-electron chi connectivity index (χ2n) is 6.32. The number of rotatable bonds is 5. The summed E-state index contributed by atoms with van der Waals surface area (Å²) in [7, 11) is 1.74. The van der Waals surface area contributed by atoms with Crippen LogP contribution < -0.4 is 0 Å². The maximum Gasteiger partial charge on any atom is 0.256 e. The molecule has 28 heavy (non-hydrogen) atoms. The van der Waals surface area contributed by atoms with Gasteiger partial charge in [-0.1, -0.05) is 12.1 Å². The van der Waals surface area contributed by atoms with Crippen molar-refractivity contribution >= 4 is 5.91 Å². The highest BCUT2D eigenvalue weighted by Crippen LogP contribution is 2.17. The largest absolute Gasteiger partial charge is 0.337 e.